The highest BCUT2D eigenvalue weighted by Crippen LogP contribution is 2.47. The van der Waals surface area contributed by atoms with Crippen molar-refractivity contribution in [2.75, 3.05) is 19.6 Å². The number of nitrogens with two attached hydrogens (primary N) is 1. The van der Waals surface area contributed by atoms with Crippen molar-refractivity contribution in [1.82, 2.24) is 24.7 Å². The Morgan fingerprint density at radius 2 is 2.11 bits per heavy atom. The van der Waals surface area contributed by atoms with Crippen LogP contribution in [0.3, 0.4) is 0 Å². The average Bonchev–Trinajstić information content (AvgIpc) is 3.55. The summed E-state index contributed by atoms with van der Waals surface area (Å²) in [4.78, 5) is 35.2. The number of fused-ring (bicyclic) bond motifs is 2. The van der Waals surface area contributed by atoms with Crippen LogP contribution in [0.25, 0.3) is 0 Å². The minimum Gasteiger partial charge on any atom is -0.369 e. The lowest BCUT2D eigenvalue weighted by Gasteiger charge is -2.60. The number of morpholine rings is 1. The van der Waals surface area contributed by atoms with Crippen LogP contribution in [0.5, 0.6) is 0 Å². The van der Waals surface area contributed by atoms with Crippen LogP contribution in [0.2, 0.25) is 0 Å². The Kier molecular flexibility index (Phi) is 6.60. The van der Waals surface area contributed by atoms with Crippen LogP contribution in [-0.2, 0) is 20.9 Å². The lowest BCUT2D eigenvalue weighted by atomic mass is 9.69. The maximum atomic E-state index is 15.8. The Labute approximate surface area is 211 Å². The van der Waals surface area contributed by atoms with E-state index >= 15 is 4.39 Å². The molecule has 2 saturated carbocycles. The van der Waals surface area contributed by atoms with Crippen molar-refractivity contribution < 1.29 is 18.7 Å². The fourth-order valence-electron chi connectivity index (χ4n) is 7.22. The predicted molar refractivity (Wildman–Crippen MR) is 130 cm³/mol. The Hall–Kier alpha value is -2.30. The number of amides is 1. The van der Waals surface area contributed by atoms with E-state index in [-0.39, 0.29) is 47.9 Å². The summed E-state index contributed by atoms with van der Waals surface area (Å²) in [6, 6.07) is -0.459. The van der Waals surface area contributed by atoms with Gasteiger partial charge in [-0.2, -0.15) is 0 Å². The van der Waals surface area contributed by atoms with Gasteiger partial charge in [0.1, 0.15) is 6.17 Å². The number of nitrogens with one attached hydrogen (secondary N) is 1. The Bertz CT molecular complexity index is 1000. The van der Waals surface area contributed by atoms with E-state index < -0.39 is 24.2 Å². The number of hydrogen-bond donors (Lipinski definition) is 2. The Morgan fingerprint density at radius 1 is 1.25 bits per heavy atom. The third-order valence-electron chi connectivity index (χ3n) is 8.90. The number of rotatable bonds is 6. The van der Waals surface area contributed by atoms with Crippen molar-refractivity contribution in [3.05, 3.63) is 30.5 Å². The molecule has 9 nitrogen and oxygen atoms in total. The second-order valence-corrected chi connectivity index (χ2v) is 11.1. The van der Waals surface area contributed by atoms with E-state index in [2.05, 4.69) is 20.1 Å². The van der Waals surface area contributed by atoms with E-state index in [9.17, 15) is 9.59 Å². The zero-order valence-corrected chi connectivity index (χ0v) is 20.7. The molecule has 1 aromatic heterocycles. The molecule has 8 unspecified atom stereocenters. The summed E-state index contributed by atoms with van der Waals surface area (Å²) in [5.74, 6) is -1.18. The third-order valence-corrected chi connectivity index (χ3v) is 8.90. The van der Waals surface area contributed by atoms with E-state index in [0.29, 0.717) is 13.1 Å². The quantitative estimate of drug-likeness (QED) is 0.443. The highest BCUT2D eigenvalue weighted by molar-refractivity contribution is 6.20. The van der Waals surface area contributed by atoms with Crippen molar-refractivity contribution >= 4 is 11.7 Å². The van der Waals surface area contributed by atoms with Crippen LogP contribution in [0, 0.1) is 5.92 Å². The molecule has 3 aliphatic heterocycles. The topological polar surface area (TPSA) is 106 Å². The van der Waals surface area contributed by atoms with Gasteiger partial charge >= 0.3 is 0 Å². The van der Waals surface area contributed by atoms with E-state index in [4.69, 9.17) is 10.5 Å². The van der Waals surface area contributed by atoms with E-state index in [1.807, 2.05) is 10.8 Å². The largest absolute Gasteiger partial charge is 0.369 e. The number of halogens is 1. The molecule has 5 aliphatic rings. The molecule has 4 heterocycles. The summed E-state index contributed by atoms with van der Waals surface area (Å²) in [6.07, 6.45) is 11.3. The van der Waals surface area contributed by atoms with Crippen molar-refractivity contribution in [1.29, 1.82) is 0 Å². The fraction of sp³-hybridized carbons (Fsp3) is 0.731. The van der Waals surface area contributed by atoms with Gasteiger partial charge in [0.25, 0.3) is 5.91 Å². The molecular formula is C26H37FN6O3. The number of hydrogen-bond acceptors (Lipinski definition) is 7. The molecule has 10 heteroatoms. The fourth-order valence-corrected chi connectivity index (χ4v) is 7.22. The zero-order valence-electron chi connectivity index (χ0n) is 20.7. The van der Waals surface area contributed by atoms with Crippen LogP contribution in [-0.4, -0.2) is 93.2 Å². The van der Waals surface area contributed by atoms with Gasteiger partial charge in [0.05, 0.1) is 42.2 Å². The molecule has 1 aromatic rings. The number of imidazole rings is 1. The number of alkyl halides is 1. The normalized spacial score (nSPS) is 38.3. The molecule has 0 spiro atoms. The van der Waals surface area contributed by atoms with Gasteiger partial charge in [-0.15, -0.1) is 0 Å². The standard InChI is InChI=1S/C26H37FN6O3/c27-19-12-17-22-25(23(19)32-10-6-16(28)13-32)36-21-5-2-1-4-20(21)33(22)14-18(24(17)34)26(35)30-7-3-9-31-11-8-29-15-31/h8,11,14-17,19-23,25H,1-7,9-10,12-13,28H2,(H,30,35). The molecule has 0 radical (unpaired) electrons. The lowest BCUT2D eigenvalue weighted by Crippen LogP contribution is -2.73. The van der Waals surface area contributed by atoms with Crippen LogP contribution in [0.15, 0.2) is 30.5 Å². The number of Topliss-reactive ketones (excluding diaryl/α,β-unsaturated/α-hetero) is 1. The number of nitrogens with zero attached hydrogens (tertiary/aromatic N) is 4. The first-order chi connectivity index (χ1) is 17.5. The molecule has 2 aliphatic carbocycles. The first-order valence-electron chi connectivity index (χ1n) is 13.6. The Morgan fingerprint density at radius 3 is 2.89 bits per heavy atom. The van der Waals surface area contributed by atoms with Gasteiger partial charge in [-0.25, -0.2) is 9.37 Å². The van der Waals surface area contributed by atoms with Crippen molar-refractivity contribution in [3.63, 3.8) is 0 Å². The first-order valence-corrected chi connectivity index (χ1v) is 13.6. The third kappa shape index (κ3) is 4.26. The molecule has 4 fully saturated rings. The molecule has 0 bridgehead atoms. The van der Waals surface area contributed by atoms with Gasteiger partial charge < -0.3 is 25.3 Å². The highest BCUT2D eigenvalue weighted by atomic mass is 19.1. The second kappa shape index (κ2) is 9.87. The second-order valence-electron chi connectivity index (χ2n) is 11.1. The number of ether oxygens (including phenoxy) is 1. The number of carbonyl (C=O) groups excluding carboxylic acids is 2. The Balaban J connectivity index is 1.24. The predicted octanol–water partition coefficient (Wildman–Crippen LogP) is 0.996. The van der Waals surface area contributed by atoms with E-state index in [1.54, 1.807) is 18.7 Å². The molecule has 3 N–H and O–H groups in total. The summed E-state index contributed by atoms with van der Waals surface area (Å²) in [7, 11) is 0. The van der Waals surface area contributed by atoms with Crippen molar-refractivity contribution in [3.8, 4) is 0 Å². The molecule has 0 aromatic carbocycles. The number of aryl methyl sites for hydroxylation is 1. The number of carbonyl (C=O) groups is 2. The van der Waals surface area contributed by atoms with Gasteiger partial charge in [0, 0.05) is 56.7 Å². The molecular weight excluding hydrogens is 463 g/mol. The maximum Gasteiger partial charge on any atom is 0.256 e. The molecule has 1 amide bonds. The lowest BCUT2D eigenvalue weighted by molar-refractivity contribution is -0.209. The number of aromatic nitrogens is 2. The number of ketones is 1. The maximum absolute atomic E-state index is 15.8. The van der Waals surface area contributed by atoms with Gasteiger partial charge in [0.2, 0.25) is 0 Å². The highest BCUT2D eigenvalue weighted by Gasteiger charge is 2.59. The minimum absolute atomic E-state index is 0.00586. The molecule has 2 saturated heterocycles. The minimum atomic E-state index is -1.19. The summed E-state index contributed by atoms with van der Waals surface area (Å²) in [5, 5.41) is 2.92. The van der Waals surface area contributed by atoms with Crippen molar-refractivity contribution in [2.24, 2.45) is 11.7 Å². The van der Waals surface area contributed by atoms with Gasteiger partial charge in [-0.05, 0) is 32.1 Å². The summed E-state index contributed by atoms with van der Waals surface area (Å²) < 4.78 is 24.5. The van der Waals surface area contributed by atoms with Gasteiger partial charge in [0.15, 0.2) is 5.78 Å². The zero-order chi connectivity index (χ0) is 24.8. The van der Waals surface area contributed by atoms with Crippen LogP contribution >= 0.6 is 0 Å². The SMILES string of the molecule is NC1CCN(C2C(F)CC3C(=O)C(C(=O)NCCCn4ccnc4)=CN4C5CCCCC5OC2C34)C1. The van der Waals surface area contributed by atoms with Crippen LogP contribution < -0.4 is 11.1 Å². The molecule has 8 atom stereocenters. The number of likely N-dealkylation sites (tertiary alicyclic amines) is 1. The molecule has 6 rings (SSSR count). The summed E-state index contributed by atoms with van der Waals surface area (Å²) in [6.45, 7) is 2.61. The first kappa shape index (κ1) is 24.1. The summed E-state index contributed by atoms with van der Waals surface area (Å²) >= 11 is 0. The summed E-state index contributed by atoms with van der Waals surface area (Å²) in [5.41, 5.74) is 6.33. The van der Waals surface area contributed by atoms with Gasteiger partial charge in [-0.3, -0.25) is 14.5 Å². The molecule has 36 heavy (non-hydrogen) atoms. The van der Waals surface area contributed by atoms with E-state index in [1.165, 1.54) is 0 Å². The van der Waals surface area contributed by atoms with E-state index in [0.717, 1.165) is 51.6 Å². The average molecular weight is 501 g/mol. The smallest absolute Gasteiger partial charge is 0.256 e. The van der Waals surface area contributed by atoms with Crippen LogP contribution in [0.4, 0.5) is 4.39 Å². The molecule has 196 valence electrons. The van der Waals surface area contributed by atoms with Crippen molar-refractivity contribution in [2.45, 2.75) is 94.0 Å². The van der Waals surface area contributed by atoms with Gasteiger partial charge in [-0.1, -0.05) is 12.8 Å². The van der Waals surface area contributed by atoms with Crippen LogP contribution in [0.1, 0.15) is 44.9 Å². The monoisotopic (exact) mass is 500 g/mol.